The van der Waals surface area contributed by atoms with Crippen LogP contribution in [0.1, 0.15) is 38.5 Å². The number of hydrogen-bond acceptors (Lipinski definition) is 3. The van der Waals surface area contributed by atoms with Gasteiger partial charge in [0.1, 0.15) is 0 Å². The topological polar surface area (TPSA) is 39.7 Å². The van der Waals surface area contributed by atoms with E-state index in [2.05, 4.69) is 32.3 Å². The molecule has 2 saturated carbocycles. The van der Waals surface area contributed by atoms with Gasteiger partial charge in [0.25, 0.3) is 0 Å². The summed E-state index contributed by atoms with van der Waals surface area (Å²) in [6.45, 7) is 4.62. The number of rotatable bonds is 4. The fourth-order valence-electron chi connectivity index (χ4n) is 4.38. The zero-order valence-corrected chi connectivity index (χ0v) is 14.8. The van der Waals surface area contributed by atoms with Crippen molar-refractivity contribution in [2.24, 2.45) is 16.8 Å². The lowest BCUT2D eigenvalue weighted by Gasteiger charge is -2.33. The molecule has 3 atom stereocenters. The first-order valence-electron chi connectivity index (χ1n) is 9.12. The number of fused-ring (bicyclic) bond motifs is 1. The molecule has 3 rings (SSSR count). The summed E-state index contributed by atoms with van der Waals surface area (Å²) in [4.78, 5) is 6.98. The van der Waals surface area contributed by atoms with E-state index in [0.29, 0.717) is 6.04 Å². The molecule has 5 heteroatoms. The molecule has 3 unspecified atom stereocenters. The van der Waals surface area contributed by atoms with Crippen molar-refractivity contribution >= 4 is 17.7 Å². The molecule has 1 aliphatic heterocycles. The number of thioether (sulfide) groups is 1. The van der Waals surface area contributed by atoms with E-state index in [1.54, 1.807) is 0 Å². The summed E-state index contributed by atoms with van der Waals surface area (Å²) in [5, 5.41) is 7.19. The van der Waals surface area contributed by atoms with Crippen molar-refractivity contribution in [1.82, 2.24) is 15.5 Å². The molecule has 0 spiro atoms. The van der Waals surface area contributed by atoms with Gasteiger partial charge in [0, 0.05) is 50.8 Å². The minimum absolute atomic E-state index is 0.636. The fourth-order valence-corrected chi connectivity index (χ4v) is 5.36. The molecule has 0 aromatic carbocycles. The van der Waals surface area contributed by atoms with E-state index < -0.39 is 0 Å². The summed E-state index contributed by atoms with van der Waals surface area (Å²) in [5.74, 6) is 5.60. The van der Waals surface area contributed by atoms with E-state index in [-0.39, 0.29) is 0 Å². The Kier molecular flexibility index (Phi) is 6.30. The van der Waals surface area contributed by atoms with Crippen LogP contribution in [0.5, 0.6) is 0 Å². The van der Waals surface area contributed by atoms with Crippen molar-refractivity contribution in [3.8, 4) is 0 Å². The quantitative estimate of drug-likeness (QED) is 0.614. The van der Waals surface area contributed by atoms with Crippen LogP contribution >= 0.6 is 11.8 Å². The number of guanidine groups is 1. The van der Waals surface area contributed by atoms with Crippen molar-refractivity contribution in [2.45, 2.75) is 44.6 Å². The lowest BCUT2D eigenvalue weighted by atomic mass is 9.79. The molecule has 3 fully saturated rings. The predicted octanol–water partition coefficient (Wildman–Crippen LogP) is 2.17. The van der Waals surface area contributed by atoms with Crippen LogP contribution < -0.4 is 10.6 Å². The largest absolute Gasteiger partial charge is 0.355 e. The zero-order chi connectivity index (χ0) is 15.2. The molecule has 0 aromatic heterocycles. The van der Waals surface area contributed by atoms with Crippen molar-refractivity contribution in [1.29, 1.82) is 0 Å². The Labute approximate surface area is 139 Å². The van der Waals surface area contributed by atoms with Gasteiger partial charge in [-0.25, -0.2) is 0 Å². The molecule has 126 valence electrons. The van der Waals surface area contributed by atoms with Gasteiger partial charge in [-0.2, -0.15) is 11.8 Å². The molecule has 22 heavy (non-hydrogen) atoms. The van der Waals surface area contributed by atoms with Crippen LogP contribution in [0.2, 0.25) is 0 Å². The molecular formula is C17H32N4S. The first kappa shape index (κ1) is 16.4. The molecule has 1 heterocycles. The second-order valence-electron chi connectivity index (χ2n) is 7.06. The van der Waals surface area contributed by atoms with E-state index in [0.717, 1.165) is 30.9 Å². The number of aliphatic imine (C=N–C) groups is 1. The third kappa shape index (κ3) is 4.54. The van der Waals surface area contributed by atoms with Gasteiger partial charge in [-0.15, -0.1) is 0 Å². The number of nitrogens with zero attached hydrogens (tertiary/aromatic N) is 2. The Hall–Kier alpha value is -0.420. The summed E-state index contributed by atoms with van der Waals surface area (Å²) in [7, 11) is 1.90. The third-order valence-electron chi connectivity index (χ3n) is 5.68. The Bertz CT molecular complexity index is 368. The maximum atomic E-state index is 4.42. The Morgan fingerprint density at radius 2 is 1.95 bits per heavy atom. The highest BCUT2D eigenvalue weighted by Crippen LogP contribution is 2.41. The molecule has 2 aliphatic carbocycles. The highest BCUT2D eigenvalue weighted by Gasteiger charge is 2.33. The van der Waals surface area contributed by atoms with Crippen molar-refractivity contribution in [3.63, 3.8) is 0 Å². The van der Waals surface area contributed by atoms with Crippen LogP contribution in [0.15, 0.2) is 4.99 Å². The Balaban J connectivity index is 1.36. The molecule has 4 nitrogen and oxygen atoms in total. The van der Waals surface area contributed by atoms with Gasteiger partial charge < -0.3 is 10.6 Å². The lowest BCUT2D eigenvalue weighted by molar-refractivity contribution is 0.239. The van der Waals surface area contributed by atoms with Gasteiger partial charge in [-0.1, -0.05) is 19.3 Å². The van der Waals surface area contributed by atoms with Gasteiger partial charge in [0.05, 0.1) is 0 Å². The van der Waals surface area contributed by atoms with Gasteiger partial charge >= 0.3 is 0 Å². The highest BCUT2D eigenvalue weighted by atomic mass is 32.2. The predicted molar refractivity (Wildman–Crippen MR) is 96.7 cm³/mol. The van der Waals surface area contributed by atoms with Crippen LogP contribution in [0.4, 0.5) is 0 Å². The van der Waals surface area contributed by atoms with Crippen molar-refractivity contribution < 1.29 is 0 Å². The highest BCUT2D eigenvalue weighted by molar-refractivity contribution is 7.99. The van der Waals surface area contributed by atoms with Crippen molar-refractivity contribution in [3.05, 3.63) is 0 Å². The standard InChI is InChI=1S/C17H32N4S/c1-18-17(19-7-8-21-9-11-22-12-10-21)20-16-6-5-14-3-2-4-15(14)13-16/h14-16H,2-13H2,1H3,(H2,18,19,20). The van der Waals surface area contributed by atoms with Crippen LogP contribution in [-0.4, -0.2) is 61.6 Å². The monoisotopic (exact) mass is 324 g/mol. The van der Waals surface area contributed by atoms with Gasteiger partial charge in [-0.3, -0.25) is 9.89 Å². The average molecular weight is 325 g/mol. The maximum absolute atomic E-state index is 4.42. The van der Waals surface area contributed by atoms with E-state index in [9.17, 15) is 0 Å². The maximum Gasteiger partial charge on any atom is 0.191 e. The first-order chi connectivity index (χ1) is 10.8. The van der Waals surface area contributed by atoms with Gasteiger partial charge in [0.15, 0.2) is 5.96 Å². The molecule has 0 radical (unpaired) electrons. The molecule has 2 N–H and O–H groups in total. The summed E-state index contributed by atoms with van der Waals surface area (Å²) in [6.07, 6.45) is 8.51. The Morgan fingerprint density at radius 3 is 2.77 bits per heavy atom. The number of hydrogen-bond donors (Lipinski definition) is 2. The van der Waals surface area contributed by atoms with E-state index in [1.807, 2.05) is 7.05 Å². The Morgan fingerprint density at radius 1 is 1.14 bits per heavy atom. The second kappa shape index (κ2) is 8.44. The molecule has 3 aliphatic rings. The van der Waals surface area contributed by atoms with Crippen LogP contribution in [0.3, 0.4) is 0 Å². The molecule has 0 aromatic rings. The first-order valence-corrected chi connectivity index (χ1v) is 10.3. The normalized spacial score (nSPS) is 33.5. The van der Waals surface area contributed by atoms with E-state index in [1.165, 1.54) is 63.1 Å². The molecular weight excluding hydrogens is 292 g/mol. The second-order valence-corrected chi connectivity index (χ2v) is 8.28. The van der Waals surface area contributed by atoms with Crippen molar-refractivity contribution in [2.75, 3.05) is 44.7 Å². The molecule has 0 bridgehead atoms. The van der Waals surface area contributed by atoms with Gasteiger partial charge in [-0.05, 0) is 31.1 Å². The van der Waals surface area contributed by atoms with Gasteiger partial charge in [0.2, 0.25) is 0 Å². The molecule has 0 amide bonds. The zero-order valence-electron chi connectivity index (χ0n) is 14.0. The summed E-state index contributed by atoms with van der Waals surface area (Å²) in [6, 6.07) is 0.636. The van der Waals surface area contributed by atoms with E-state index in [4.69, 9.17) is 0 Å². The molecule has 1 saturated heterocycles. The smallest absolute Gasteiger partial charge is 0.191 e. The minimum Gasteiger partial charge on any atom is -0.355 e. The van der Waals surface area contributed by atoms with E-state index >= 15 is 0 Å². The average Bonchev–Trinajstić information content (AvgIpc) is 3.02. The summed E-state index contributed by atoms with van der Waals surface area (Å²) in [5.41, 5.74) is 0. The van der Waals surface area contributed by atoms with Crippen LogP contribution in [-0.2, 0) is 0 Å². The summed E-state index contributed by atoms with van der Waals surface area (Å²) >= 11 is 2.08. The summed E-state index contributed by atoms with van der Waals surface area (Å²) < 4.78 is 0. The lowest BCUT2D eigenvalue weighted by Crippen LogP contribution is -2.48. The number of nitrogens with one attached hydrogen (secondary N) is 2. The van der Waals surface area contributed by atoms with Crippen LogP contribution in [0, 0.1) is 11.8 Å². The fraction of sp³-hybridized carbons (Fsp3) is 0.941. The van der Waals surface area contributed by atoms with Crippen LogP contribution in [0.25, 0.3) is 0 Å². The third-order valence-corrected chi connectivity index (χ3v) is 6.62. The minimum atomic E-state index is 0.636. The SMILES string of the molecule is CN=C(NCCN1CCSCC1)NC1CCC2CCCC2C1.